The molecule has 1 N–H and O–H groups in total. The minimum absolute atomic E-state index is 0.0497. The second kappa shape index (κ2) is 6.19. The maximum atomic E-state index is 11.5. The number of carbonyl (C=O) groups is 1. The number of rotatable bonds is 4. The molecule has 19 heavy (non-hydrogen) atoms. The molecule has 0 aliphatic rings. The Morgan fingerprint density at radius 3 is 2.42 bits per heavy atom. The van der Waals surface area contributed by atoms with Gasteiger partial charge in [-0.3, -0.25) is 4.79 Å². The van der Waals surface area contributed by atoms with Crippen molar-refractivity contribution < 1.29 is 4.79 Å². The van der Waals surface area contributed by atoms with E-state index in [0.29, 0.717) is 5.56 Å². The van der Waals surface area contributed by atoms with Crippen LogP contribution in [-0.4, -0.2) is 13.0 Å². The average molecular weight is 253 g/mol. The number of carbonyl (C=O) groups excluding carboxylic acids is 1. The van der Waals surface area contributed by atoms with Gasteiger partial charge in [0.05, 0.1) is 0 Å². The quantitative estimate of drug-likeness (QED) is 0.885. The van der Waals surface area contributed by atoms with E-state index in [1.807, 2.05) is 24.3 Å². The molecule has 0 fully saturated rings. The minimum atomic E-state index is -0.0497. The fourth-order valence-electron chi connectivity index (χ4n) is 2.15. The van der Waals surface area contributed by atoms with E-state index in [2.05, 4.69) is 36.5 Å². The zero-order chi connectivity index (χ0) is 13.7. The summed E-state index contributed by atoms with van der Waals surface area (Å²) in [4.78, 5) is 11.5. The van der Waals surface area contributed by atoms with Crippen LogP contribution in [0.15, 0.2) is 48.5 Å². The van der Waals surface area contributed by atoms with Crippen LogP contribution in [-0.2, 0) is 6.42 Å². The summed E-state index contributed by atoms with van der Waals surface area (Å²) < 4.78 is 0. The molecule has 0 spiro atoms. The normalized spacial score (nSPS) is 10.2. The fraction of sp³-hybridized carbons (Fsp3) is 0.235. The molecule has 0 bridgehead atoms. The second-order valence-electron chi connectivity index (χ2n) is 4.61. The molecule has 0 saturated carbocycles. The van der Waals surface area contributed by atoms with Crippen LogP contribution in [0, 0.1) is 0 Å². The molecule has 0 atom stereocenters. The van der Waals surface area contributed by atoms with Crippen molar-refractivity contribution >= 4 is 5.91 Å². The predicted molar refractivity (Wildman–Crippen MR) is 79.3 cm³/mol. The topological polar surface area (TPSA) is 29.1 Å². The first kappa shape index (κ1) is 13.3. The van der Waals surface area contributed by atoms with Crippen LogP contribution in [0.3, 0.4) is 0 Å². The van der Waals surface area contributed by atoms with Gasteiger partial charge in [0.25, 0.3) is 5.91 Å². The van der Waals surface area contributed by atoms with Crippen LogP contribution < -0.4 is 5.32 Å². The molecule has 0 aliphatic heterocycles. The standard InChI is InChI=1S/C17H19NO/c1-3-5-13-6-4-7-16(12-13)14-8-10-15(11-9-14)17(19)18-2/h4,6-12H,3,5H2,1-2H3,(H,18,19). The van der Waals surface area contributed by atoms with Gasteiger partial charge in [0.15, 0.2) is 0 Å². The van der Waals surface area contributed by atoms with Crippen LogP contribution in [0.2, 0.25) is 0 Å². The zero-order valence-corrected chi connectivity index (χ0v) is 11.4. The fourth-order valence-corrected chi connectivity index (χ4v) is 2.15. The first-order chi connectivity index (χ1) is 9.24. The van der Waals surface area contributed by atoms with Crippen molar-refractivity contribution in [3.8, 4) is 11.1 Å². The Kier molecular flexibility index (Phi) is 4.35. The highest BCUT2D eigenvalue weighted by atomic mass is 16.1. The van der Waals surface area contributed by atoms with E-state index in [1.54, 1.807) is 7.05 Å². The number of hydrogen-bond donors (Lipinski definition) is 1. The lowest BCUT2D eigenvalue weighted by atomic mass is 10.00. The molecule has 1 amide bonds. The Morgan fingerprint density at radius 1 is 1.05 bits per heavy atom. The third-order valence-corrected chi connectivity index (χ3v) is 3.17. The summed E-state index contributed by atoms with van der Waals surface area (Å²) in [5, 5.41) is 2.63. The van der Waals surface area contributed by atoms with Gasteiger partial charge in [-0.2, -0.15) is 0 Å². The van der Waals surface area contributed by atoms with Crippen molar-refractivity contribution in [1.82, 2.24) is 5.32 Å². The molecule has 0 saturated heterocycles. The number of aryl methyl sites for hydroxylation is 1. The molecule has 2 aromatic carbocycles. The number of benzene rings is 2. The highest BCUT2D eigenvalue weighted by molar-refractivity contribution is 5.94. The van der Waals surface area contributed by atoms with E-state index < -0.39 is 0 Å². The summed E-state index contributed by atoms with van der Waals surface area (Å²) in [7, 11) is 1.64. The van der Waals surface area contributed by atoms with Crippen molar-refractivity contribution in [2.45, 2.75) is 19.8 Å². The largest absolute Gasteiger partial charge is 0.355 e. The molecule has 2 nitrogen and oxygen atoms in total. The van der Waals surface area contributed by atoms with E-state index in [-0.39, 0.29) is 5.91 Å². The van der Waals surface area contributed by atoms with Gasteiger partial charge in [-0.15, -0.1) is 0 Å². The molecule has 0 heterocycles. The van der Waals surface area contributed by atoms with Crippen LogP contribution >= 0.6 is 0 Å². The number of amides is 1. The Morgan fingerprint density at radius 2 is 1.79 bits per heavy atom. The molecule has 98 valence electrons. The number of nitrogens with one attached hydrogen (secondary N) is 1. The van der Waals surface area contributed by atoms with Gasteiger partial charge in [0.2, 0.25) is 0 Å². The predicted octanol–water partition coefficient (Wildman–Crippen LogP) is 3.67. The minimum Gasteiger partial charge on any atom is -0.355 e. The summed E-state index contributed by atoms with van der Waals surface area (Å²) in [5.41, 5.74) is 4.39. The maximum Gasteiger partial charge on any atom is 0.251 e. The van der Waals surface area contributed by atoms with Gasteiger partial charge in [0.1, 0.15) is 0 Å². The van der Waals surface area contributed by atoms with Crippen LogP contribution in [0.5, 0.6) is 0 Å². The van der Waals surface area contributed by atoms with Gasteiger partial charge in [0, 0.05) is 12.6 Å². The lowest BCUT2D eigenvalue weighted by molar-refractivity contribution is 0.0963. The van der Waals surface area contributed by atoms with Crippen molar-refractivity contribution in [2.75, 3.05) is 7.05 Å². The second-order valence-corrected chi connectivity index (χ2v) is 4.61. The lowest BCUT2D eigenvalue weighted by Gasteiger charge is -2.06. The first-order valence-electron chi connectivity index (χ1n) is 6.66. The Balaban J connectivity index is 2.26. The Bertz CT molecular complexity index is 558. The molecule has 2 rings (SSSR count). The van der Waals surface area contributed by atoms with Crippen molar-refractivity contribution in [3.63, 3.8) is 0 Å². The van der Waals surface area contributed by atoms with Gasteiger partial charge < -0.3 is 5.32 Å². The van der Waals surface area contributed by atoms with Gasteiger partial charge in [-0.25, -0.2) is 0 Å². The molecule has 0 aliphatic carbocycles. The molecule has 0 aromatic heterocycles. The highest BCUT2D eigenvalue weighted by Gasteiger charge is 2.04. The Labute approximate surface area is 114 Å². The van der Waals surface area contributed by atoms with Crippen LogP contribution in [0.4, 0.5) is 0 Å². The van der Waals surface area contributed by atoms with E-state index in [1.165, 1.54) is 11.1 Å². The van der Waals surface area contributed by atoms with E-state index >= 15 is 0 Å². The molecule has 0 radical (unpaired) electrons. The third-order valence-electron chi connectivity index (χ3n) is 3.17. The third kappa shape index (κ3) is 3.22. The highest BCUT2D eigenvalue weighted by Crippen LogP contribution is 2.21. The summed E-state index contributed by atoms with van der Waals surface area (Å²) in [6.45, 7) is 2.19. The maximum absolute atomic E-state index is 11.5. The van der Waals surface area contributed by atoms with Crippen molar-refractivity contribution in [1.29, 1.82) is 0 Å². The van der Waals surface area contributed by atoms with Gasteiger partial charge in [-0.1, -0.05) is 49.7 Å². The van der Waals surface area contributed by atoms with Crippen LogP contribution in [0.25, 0.3) is 11.1 Å². The van der Waals surface area contributed by atoms with Crippen molar-refractivity contribution in [3.05, 3.63) is 59.7 Å². The molecular formula is C17H19NO. The average Bonchev–Trinajstić information content (AvgIpc) is 2.47. The van der Waals surface area contributed by atoms with E-state index in [4.69, 9.17) is 0 Å². The van der Waals surface area contributed by atoms with E-state index in [0.717, 1.165) is 18.4 Å². The molecule has 0 unspecified atom stereocenters. The van der Waals surface area contributed by atoms with Gasteiger partial charge in [-0.05, 0) is 35.2 Å². The smallest absolute Gasteiger partial charge is 0.251 e. The summed E-state index contributed by atoms with van der Waals surface area (Å²) in [6, 6.07) is 16.3. The molecular weight excluding hydrogens is 234 g/mol. The lowest BCUT2D eigenvalue weighted by Crippen LogP contribution is -2.17. The monoisotopic (exact) mass is 253 g/mol. The zero-order valence-electron chi connectivity index (χ0n) is 11.4. The Hall–Kier alpha value is -2.09. The molecule has 2 heteroatoms. The van der Waals surface area contributed by atoms with Gasteiger partial charge >= 0.3 is 0 Å². The summed E-state index contributed by atoms with van der Waals surface area (Å²) in [6.07, 6.45) is 2.25. The van der Waals surface area contributed by atoms with Crippen LogP contribution in [0.1, 0.15) is 29.3 Å². The summed E-state index contributed by atoms with van der Waals surface area (Å²) >= 11 is 0. The van der Waals surface area contributed by atoms with Crippen molar-refractivity contribution in [2.24, 2.45) is 0 Å². The molecule has 2 aromatic rings. The first-order valence-corrected chi connectivity index (χ1v) is 6.66. The summed E-state index contributed by atoms with van der Waals surface area (Å²) in [5.74, 6) is -0.0497. The van der Waals surface area contributed by atoms with E-state index in [9.17, 15) is 4.79 Å². The SMILES string of the molecule is CCCc1cccc(-c2ccc(C(=O)NC)cc2)c1. The number of hydrogen-bond acceptors (Lipinski definition) is 1.